The molecule has 0 spiro atoms. The molecule has 0 aliphatic carbocycles. The summed E-state index contributed by atoms with van der Waals surface area (Å²) in [7, 11) is 0. The number of hydrogen-bond acceptors (Lipinski definition) is 11. The molecule has 1 fully saturated rings. The van der Waals surface area contributed by atoms with Gasteiger partial charge in [0.25, 0.3) is 0 Å². The van der Waals surface area contributed by atoms with Crippen molar-refractivity contribution in [2.75, 3.05) is 18.8 Å². The van der Waals surface area contributed by atoms with E-state index in [9.17, 15) is 54.0 Å². The van der Waals surface area contributed by atoms with Crippen molar-refractivity contribution < 1.29 is 54.0 Å². The van der Waals surface area contributed by atoms with Crippen LogP contribution < -0.4 is 38.1 Å². The number of nitrogens with two attached hydrogens (primary N) is 2. The van der Waals surface area contributed by atoms with Gasteiger partial charge in [0.1, 0.15) is 29.8 Å². The molecule has 0 bridgehead atoms. The third-order valence-corrected chi connectivity index (χ3v) is 7.76. The van der Waals surface area contributed by atoms with Gasteiger partial charge in [-0.15, -0.1) is 11.8 Å². The second kappa shape index (κ2) is 18.9. The molecule has 19 nitrogen and oxygen atoms in total. The van der Waals surface area contributed by atoms with Crippen LogP contribution >= 0.6 is 11.8 Å². The molecule has 1 saturated heterocycles. The van der Waals surface area contributed by atoms with Crippen LogP contribution in [0.5, 0.6) is 0 Å². The number of aliphatic carboxylic acids is 2. The molecule has 1 aromatic carbocycles. The molecule has 0 saturated carbocycles. The first-order valence-corrected chi connectivity index (χ1v) is 15.1. The van der Waals surface area contributed by atoms with E-state index in [1.807, 2.05) is 5.32 Å². The average molecular weight is 682 g/mol. The molecular formula is C27H37N8O11S. The number of aliphatic hydroxyl groups is 2. The molecule has 1 aliphatic heterocycles. The largest absolute Gasteiger partial charge is 0.481 e. The quantitative estimate of drug-likeness (QED) is 0.0481. The van der Waals surface area contributed by atoms with Crippen molar-refractivity contribution in [3.8, 4) is 0 Å². The van der Waals surface area contributed by atoms with Crippen LogP contribution in [0.4, 0.5) is 0 Å². The number of benzene rings is 1. The second-order valence-corrected chi connectivity index (χ2v) is 11.2. The topological polar surface area (TPSA) is 325 Å². The minimum absolute atomic E-state index is 0.00168. The van der Waals surface area contributed by atoms with Crippen molar-refractivity contribution in [2.45, 2.75) is 55.0 Å². The number of carbonyl (C=O) groups is 7. The minimum Gasteiger partial charge on any atom is -0.481 e. The van der Waals surface area contributed by atoms with Crippen molar-refractivity contribution in [3.05, 3.63) is 42.3 Å². The third-order valence-electron chi connectivity index (χ3n) is 6.39. The Morgan fingerprint density at radius 2 is 1.60 bits per heavy atom. The number of thioether (sulfide) groups is 1. The van der Waals surface area contributed by atoms with E-state index in [0.29, 0.717) is 12.0 Å². The number of aliphatic hydroxyl groups excluding tert-OH is 1. The SMILES string of the molecule is NC(N)=NCCCC1NC(=O)C(c2ccccc2)SCC(C(O)O)NC(=O)C([CH]C(=O)O)NC(=O)C(CC(=O)O)NC(=O)CNC1=O. The fraction of sp³-hybridized carbons (Fsp3) is 0.444. The number of nitrogens with zero attached hydrogens (tertiary/aromatic N) is 1. The van der Waals surface area contributed by atoms with Crippen LogP contribution in [0.3, 0.4) is 0 Å². The second-order valence-electron chi connectivity index (χ2n) is 10.1. The van der Waals surface area contributed by atoms with E-state index >= 15 is 0 Å². The van der Waals surface area contributed by atoms with E-state index in [1.54, 1.807) is 30.3 Å². The minimum atomic E-state index is -2.23. The summed E-state index contributed by atoms with van der Waals surface area (Å²) in [4.78, 5) is 92.1. The van der Waals surface area contributed by atoms with Gasteiger partial charge >= 0.3 is 11.9 Å². The van der Waals surface area contributed by atoms with Crippen molar-refractivity contribution in [2.24, 2.45) is 16.5 Å². The van der Waals surface area contributed by atoms with E-state index in [0.717, 1.165) is 11.8 Å². The van der Waals surface area contributed by atoms with Gasteiger partial charge < -0.3 is 58.5 Å². The summed E-state index contributed by atoms with van der Waals surface area (Å²) in [6.07, 6.45) is -2.65. The highest BCUT2D eigenvalue weighted by molar-refractivity contribution is 8.00. The summed E-state index contributed by atoms with van der Waals surface area (Å²) in [6, 6.07) is 1.61. The Morgan fingerprint density at radius 1 is 0.915 bits per heavy atom. The van der Waals surface area contributed by atoms with Crippen LogP contribution in [0, 0.1) is 6.42 Å². The Balaban J connectivity index is 2.51. The lowest BCUT2D eigenvalue weighted by atomic mass is 10.1. The zero-order chi connectivity index (χ0) is 35.1. The van der Waals surface area contributed by atoms with Gasteiger partial charge in [-0.1, -0.05) is 30.3 Å². The number of carbonyl (C=O) groups excluding carboxylic acids is 5. The molecule has 5 unspecified atom stereocenters. The van der Waals surface area contributed by atoms with Crippen molar-refractivity contribution in [3.63, 3.8) is 0 Å². The predicted molar refractivity (Wildman–Crippen MR) is 165 cm³/mol. The average Bonchev–Trinajstić information content (AvgIpc) is 2.99. The Hall–Kier alpha value is -4.95. The number of aliphatic imine (C=N–C) groups is 1. The highest BCUT2D eigenvalue weighted by Crippen LogP contribution is 2.30. The van der Waals surface area contributed by atoms with E-state index in [-0.39, 0.29) is 31.1 Å². The van der Waals surface area contributed by atoms with Crippen molar-refractivity contribution in [1.29, 1.82) is 0 Å². The molecule has 1 heterocycles. The summed E-state index contributed by atoms with van der Waals surface area (Å²) in [6.45, 7) is -0.665. The summed E-state index contributed by atoms with van der Waals surface area (Å²) < 4.78 is 0. The van der Waals surface area contributed by atoms with Crippen LogP contribution in [0.2, 0.25) is 0 Å². The van der Waals surface area contributed by atoms with Crippen LogP contribution in [0.15, 0.2) is 35.3 Å². The maximum absolute atomic E-state index is 13.6. The van der Waals surface area contributed by atoms with Gasteiger partial charge in [-0.3, -0.25) is 38.6 Å². The Bertz CT molecular complexity index is 1330. The third kappa shape index (κ3) is 13.5. The first-order chi connectivity index (χ1) is 22.2. The summed E-state index contributed by atoms with van der Waals surface area (Å²) in [5.41, 5.74) is 11.1. The molecule has 5 atom stereocenters. The molecular weight excluding hydrogens is 644 g/mol. The number of guanidine groups is 1. The monoisotopic (exact) mass is 681 g/mol. The lowest BCUT2D eigenvalue weighted by molar-refractivity contribution is -0.142. The van der Waals surface area contributed by atoms with Crippen molar-refractivity contribution in [1.82, 2.24) is 26.6 Å². The number of carboxylic acid groups (broad SMARTS) is 2. The first kappa shape index (κ1) is 38.2. The van der Waals surface area contributed by atoms with Crippen LogP contribution in [-0.4, -0.2) is 117 Å². The van der Waals surface area contributed by atoms with Crippen LogP contribution in [0.1, 0.15) is 30.1 Å². The smallest absolute Gasteiger partial charge is 0.310 e. The van der Waals surface area contributed by atoms with Crippen molar-refractivity contribution >= 4 is 59.2 Å². The molecule has 257 valence electrons. The molecule has 47 heavy (non-hydrogen) atoms. The summed E-state index contributed by atoms with van der Waals surface area (Å²) in [5, 5.41) is 48.7. The van der Waals surface area contributed by atoms with Gasteiger partial charge in [0, 0.05) is 12.3 Å². The van der Waals surface area contributed by atoms with Crippen LogP contribution in [0.25, 0.3) is 0 Å². The van der Waals surface area contributed by atoms with E-state index in [2.05, 4.69) is 26.3 Å². The van der Waals surface area contributed by atoms with Gasteiger partial charge in [-0.2, -0.15) is 0 Å². The Labute approximate surface area is 272 Å². The Morgan fingerprint density at radius 3 is 2.19 bits per heavy atom. The lowest BCUT2D eigenvalue weighted by Gasteiger charge is -2.27. The van der Waals surface area contributed by atoms with Gasteiger partial charge in [0.2, 0.25) is 29.5 Å². The molecule has 20 heteroatoms. The Kier molecular flexibility index (Phi) is 15.4. The number of amides is 5. The number of rotatable bonds is 10. The highest BCUT2D eigenvalue weighted by atomic mass is 32.2. The normalized spacial score (nSPS) is 23.6. The summed E-state index contributed by atoms with van der Waals surface area (Å²) in [5.74, 6) is -8.79. The predicted octanol–water partition coefficient (Wildman–Crippen LogP) is -4.34. The number of carboxylic acids is 2. The maximum Gasteiger partial charge on any atom is 0.310 e. The number of hydrogen-bond donors (Lipinski definition) is 11. The molecule has 1 radical (unpaired) electrons. The zero-order valence-electron chi connectivity index (χ0n) is 24.8. The zero-order valence-corrected chi connectivity index (χ0v) is 25.6. The maximum atomic E-state index is 13.6. The molecule has 1 aliphatic rings. The van der Waals surface area contributed by atoms with E-state index in [1.165, 1.54) is 0 Å². The first-order valence-electron chi connectivity index (χ1n) is 14.0. The van der Waals surface area contributed by atoms with Crippen LogP contribution in [-0.2, 0) is 33.6 Å². The number of nitrogens with one attached hydrogen (secondary N) is 5. The van der Waals surface area contributed by atoms with E-state index < -0.39 is 90.1 Å². The highest BCUT2D eigenvalue weighted by Gasteiger charge is 2.34. The van der Waals surface area contributed by atoms with Gasteiger partial charge in [-0.25, -0.2) is 0 Å². The van der Waals surface area contributed by atoms with Gasteiger partial charge in [0.05, 0.1) is 19.0 Å². The van der Waals surface area contributed by atoms with E-state index in [4.69, 9.17) is 11.5 Å². The molecule has 5 amide bonds. The summed E-state index contributed by atoms with van der Waals surface area (Å²) >= 11 is 0.847. The fourth-order valence-corrected chi connectivity index (χ4v) is 5.37. The molecule has 1 aromatic rings. The lowest BCUT2D eigenvalue weighted by Crippen LogP contribution is -2.58. The molecule has 13 N–H and O–H groups in total. The molecule has 2 rings (SSSR count). The fourth-order valence-electron chi connectivity index (χ4n) is 4.14. The van der Waals surface area contributed by atoms with Gasteiger partial charge in [0.15, 0.2) is 12.2 Å². The molecule has 0 aromatic heterocycles. The standard InChI is InChI=1S/C27H37N8O11S/c28-27(29)30-8-4-7-14-22(41)31-11-18(36)32-15(9-19(37)38)23(42)34-16(10-20(39)40)24(43)35-17(26(45)46)12-47-21(25(44)33-14)13-5-2-1-3-6-13/h1-3,5-6,10,14-17,21,26,45-46H,4,7-9,11-12H2,(H,31,41)(H,32,36)(H,33,44)(H,34,42)(H,35,43)(H,37,38)(H,39,40)(H4,28,29,30). The van der Waals surface area contributed by atoms with Gasteiger partial charge in [-0.05, 0) is 18.4 Å².